The monoisotopic (exact) mass is 270 g/mol. The van der Waals surface area contributed by atoms with Crippen molar-refractivity contribution in [1.82, 2.24) is 10.6 Å². The Morgan fingerprint density at radius 3 is 2.47 bits per heavy atom. The highest BCUT2D eigenvalue weighted by Gasteiger charge is 2.29. The minimum Gasteiger partial charge on any atom is -0.444 e. The van der Waals surface area contributed by atoms with E-state index in [2.05, 4.69) is 24.5 Å². The number of carbonyl (C=O) groups excluding carboxylic acids is 1. The molecule has 1 fully saturated rings. The highest BCUT2D eigenvalue weighted by molar-refractivity contribution is 5.68. The lowest BCUT2D eigenvalue weighted by Gasteiger charge is -2.25. The Kier molecular flexibility index (Phi) is 6.11. The average Bonchev–Trinajstić information content (AvgIpc) is 2.62. The van der Waals surface area contributed by atoms with Gasteiger partial charge < -0.3 is 15.4 Å². The summed E-state index contributed by atoms with van der Waals surface area (Å²) in [5.74, 6) is 0.714. The van der Waals surface area contributed by atoms with Crippen LogP contribution in [0.25, 0.3) is 0 Å². The largest absolute Gasteiger partial charge is 0.444 e. The second-order valence-corrected chi connectivity index (χ2v) is 6.93. The van der Waals surface area contributed by atoms with Gasteiger partial charge in [0.15, 0.2) is 0 Å². The molecule has 19 heavy (non-hydrogen) atoms. The van der Waals surface area contributed by atoms with E-state index < -0.39 is 5.60 Å². The number of alkyl carbamates (subject to hydrolysis) is 1. The number of ether oxygens (including phenoxy) is 1. The van der Waals surface area contributed by atoms with Crippen LogP contribution in [-0.4, -0.2) is 30.3 Å². The first kappa shape index (κ1) is 16.3. The van der Waals surface area contributed by atoms with Gasteiger partial charge in [0.05, 0.1) is 0 Å². The highest BCUT2D eigenvalue weighted by Crippen LogP contribution is 2.20. The maximum atomic E-state index is 11.8. The molecule has 4 heteroatoms. The van der Waals surface area contributed by atoms with E-state index in [1.165, 1.54) is 12.8 Å². The van der Waals surface area contributed by atoms with Gasteiger partial charge in [0.2, 0.25) is 0 Å². The summed E-state index contributed by atoms with van der Waals surface area (Å²) >= 11 is 0. The van der Waals surface area contributed by atoms with Crippen LogP contribution in [0.4, 0.5) is 4.79 Å². The molecule has 0 heterocycles. The fourth-order valence-electron chi connectivity index (χ4n) is 2.39. The smallest absolute Gasteiger partial charge is 0.407 e. The normalized spacial score (nSPS) is 23.7. The van der Waals surface area contributed by atoms with Gasteiger partial charge in [-0.05, 0) is 58.9 Å². The summed E-state index contributed by atoms with van der Waals surface area (Å²) in [6.07, 6.45) is 4.22. The van der Waals surface area contributed by atoms with Crippen LogP contribution in [0.15, 0.2) is 0 Å². The van der Waals surface area contributed by atoms with Gasteiger partial charge in [0.1, 0.15) is 5.60 Å². The molecule has 2 atom stereocenters. The van der Waals surface area contributed by atoms with Crippen molar-refractivity contribution < 1.29 is 9.53 Å². The first-order valence-corrected chi connectivity index (χ1v) is 7.51. The van der Waals surface area contributed by atoms with Gasteiger partial charge in [-0.15, -0.1) is 0 Å². The van der Waals surface area contributed by atoms with Gasteiger partial charge in [-0.25, -0.2) is 4.79 Å². The zero-order valence-electron chi connectivity index (χ0n) is 13.1. The third-order valence-corrected chi connectivity index (χ3v) is 3.35. The summed E-state index contributed by atoms with van der Waals surface area (Å²) in [6, 6.07) is 0.605. The van der Waals surface area contributed by atoms with Crippen molar-refractivity contribution in [2.24, 2.45) is 5.92 Å². The molecule has 0 aromatic carbocycles. The third-order valence-electron chi connectivity index (χ3n) is 3.35. The van der Waals surface area contributed by atoms with Crippen molar-refractivity contribution in [3.05, 3.63) is 0 Å². The molecule has 0 aliphatic heterocycles. The Morgan fingerprint density at radius 1 is 1.26 bits per heavy atom. The van der Waals surface area contributed by atoms with E-state index in [1.807, 2.05) is 20.8 Å². The van der Waals surface area contributed by atoms with Crippen LogP contribution in [0.3, 0.4) is 0 Å². The van der Waals surface area contributed by atoms with Crippen LogP contribution in [0.1, 0.15) is 60.3 Å². The lowest BCUT2D eigenvalue weighted by molar-refractivity contribution is 0.0498. The fraction of sp³-hybridized carbons (Fsp3) is 0.933. The topological polar surface area (TPSA) is 50.4 Å². The number of hydrogen-bond acceptors (Lipinski definition) is 3. The molecule has 1 aliphatic rings. The van der Waals surface area contributed by atoms with Crippen LogP contribution in [0, 0.1) is 5.92 Å². The maximum absolute atomic E-state index is 11.8. The number of rotatable bonds is 5. The number of hydrogen-bond donors (Lipinski definition) is 2. The van der Waals surface area contributed by atoms with Gasteiger partial charge in [-0.1, -0.05) is 13.8 Å². The number of carbonyl (C=O) groups is 1. The minimum atomic E-state index is -0.427. The number of amides is 1. The first-order valence-electron chi connectivity index (χ1n) is 7.51. The second-order valence-electron chi connectivity index (χ2n) is 6.93. The zero-order chi connectivity index (χ0) is 14.5. The Bertz CT molecular complexity index is 284. The molecule has 112 valence electrons. The molecule has 0 spiro atoms. The van der Waals surface area contributed by atoms with Gasteiger partial charge >= 0.3 is 6.09 Å². The standard InChI is InChI=1S/C15H30N2O2/c1-11(2)9-10-16-12-7-6-8-13(12)17-14(18)19-15(3,4)5/h11-13,16H,6-10H2,1-5H3,(H,17,18). The van der Waals surface area contributed by atoms with Crippen LogP contribution in [0.5, 0.6) is 0 Å². The predicted octanol–water partition coefficient (Wildman–Crippen LogP) is 3.07. The predicted molar refractivity (Wildman–Crippen MR) is 78.3 cm³/mol. The minimum absolute atomic E-state index is 0.210. The molecule has 0 aromatic rings. The summed E-state index contributed by atoms with van der Waals surface area (Å²) in [5, 5.41) is 6.56. The molecular formula is C15H30N2O2. The molecule has 0 saturated heterocycles. The Hall–Kier alpha value is -0.770. The molecule has 2 N–H and O–H groups in total. The summed E-state index contributed by atoms with van der Waals surface area (Å²) in [6.45, 7) is 11.1. The molecule has 1 saturated carbocycles. The summed E-state index contributed by atoms with van der Waals surface area (Å²) in [5.41, 5.74) is -0.427. The van der Waals surface area contributed by atoms with E-state index in [4.69, 9.17) is 4.74 Å². The Balaban J connectivity index is 2.33. The quantitative estimate of drug-likeness (QED) is 0.807. The van der Waals surface area contributed by atoms with Crippen LogP contribution in [0.2, 0.25) is 0 Å². The van der Waals surface area contributed by atoms with Gasteiger partial charge in [0, 0.05) is 12.1 Å². The molecule has 0 bridgehead atoms. The average molecular weight is 270 g/mol. The van der Waals surface area contributed by atoms with Crippen molar-refractivity contribution >= 4 is 6.09 Å². The van der Waals surface area contributed by atoms with E-state index in [0.717, 1.165) is 19.4 Å². The van der Waals surface area contributed by atoms with Gasteiger partial charge in [-0.2, -0.15) is 0 Å². The first-order chi connectivity index (χ1) is 8.78. The Labute approximate surface area is 117 Å². The molecule has 1 amide bonds. The van der Waals surface area contributed by atoms with E-state index in [9.17, 15) is 4.79 Å². The SMILES string of the molecule is CC(C)CCNC1CCCC1NC(=O)OC(C)(C)C. The summed E-state index contributed by atoms with van der Waals surface area (Å²) in [7, 11) is 0. The molecule has 0 radical (unpaired) electrons. The van der Waals surface area contributed by atoms with E-state index in [1.54, 1.807) is 0 Å². The second kappa shape index (κ2) is 7.13. The molecule has 4 nitrogen and oxygen atoms in total. The van der Waals surface area contributed by atoms with Crippen LogP contribution in [-0.2, 0) is 4.74 Å². The maximum Gasteiger partial charge on any atom is 0.407 e. The molecule has 1 aliphatic carbocycles. The van der Waals surface area contributed by atoms with Gasteiger partial charge in [-0.3, -0.25) is 0 Å². The van der Waals surface area contributed by atoms with Gasteiger partial charge in [0.25, 0.3) is 0 Å². The van der Waals surface area contributed by atoms with E-state index >= 15 is 0 Å². The third kappa shape index (κ3) is 6.81. The molecule has 1 rings (SSSR count). The Morgan fingerprint density at radius 2 is 1.89 bits per heavy atom. The van der Waals surface area contributed by atoms with E-state index in [0.29, 0.717) is 12.0 Å². The molecule has 0 aromatic heterocycles. The highest BCUT2D eigenvalue weighted by atomic mass is 16.6. The van der Waals surface area contributed by atoms with E-state index in [-0.39, 0.29) is 12.1 Å². The number of nitrogens with one attached hydrogen (secondary N) is 2. The van der Waals surface area contributed by atoms with Crippen molar-refractivity contribution in [1.29, 1.82) is 0 Å². The van der Waals surface area contributed by atoms with Crippen LogP contribution < -0.4 is 10.6 Å². The van der Waals surface area contributed by atoms with Crippen LogP contribution >= 0.6 is 0 Å². The van der Waals surface area contributed by atoms with Crippen molar-refractivity contribution in [3.8, 4) is 0 Å². The molecular weight excluding hydrogens is 240 g/mol. The fourth-order valence-corrected chi connectivity index (χ4v) is 2.39. The molecule has 2 unspecified atom stereocenters. The van der Waals surface area contributed by atoms with Crippen molar-refractivity contribution in [3.63, 3.8) is 0 Å². The zero-order valence-corrected chi connectivity index (χ0v) is 13.1. The summed E-state index contributed by atoms with van der Waals surface area (Å²) in [4.78, 5) is 11.8. The van der Waals surface area contributed by atoms with Crippen molar-refractivity contribution in [2.45, 2.75) is 78.0 Å². The summed E-state index contributed by atoms with van der Waals surface area (Å²) < 4.78 is 5.31. The lowest BCUT2D eigenvalue weighted by atomic mass is 10.1. The lowest BCUT2D eigenvalue weighted by Crippen LogP contribution is -2.48. The van der Waals surface area contributed by atoms with Crippen molar-refractivity contribution in [2.75, 3.05) is 6.54 Å².